The molecule has 0 saturated carbocycles. The molecule has 4 N–H and O–H groups in total. The maximum absolute atomic E-state index is 9.24. The summed E-state index contributed by atoms with van der Waals surface area (Å²) in [6.07, 6.45) is -0.520. The minimum absolute atomic E-state index is 0.0706. The Hall–Kier alpha value is -1.52. The van der Waals surface area contributed by atoms with Gasteiger partial charge in [-0.05, 0) is 11.5 Å². The van der Waals surface area contributed by atoms with Crippen LogP contribution in [0, 0.1) is 0 Å². The fraction of sp³-hybridized carbons (Fsp3) is 0.500. The number of ether oxygens (including phenoxy) is 1. The number of hydrogen-bond acceptors (Lipinski definition) is 9. The Labute approximate surface area is 95.4 Å². The van der Waals surface area contributed by atoms with E-state index in [0.717, 1.165) is 6.26 Å². The Kier molecular flexibility index (Phi) is 5.52. The highest BCUT2D eigenvalue weighted by molar-refractivity contribution is 5.23. The Morgan fingerprint density at radius 1 is 1.29 bits per heavy atom. The first-order valence-electron chi connectivity index (χ1n) is 4.56. The molecule has 0 spiro atoms. The third-order valence-electron chi connectivity index (χ3n) is 1.60. The van der Waals surface area contributed by atoms with Crippen LogP contribution in [-0.4, -0.2) is 39.9 Å². The van der Waals surface area contributed by atoms with Gasteiger partial charge in [0.1, 0.15) is 6.26 Å². The van der Waals surface area contributed by atoms with Crippen molar-refractivity contribution < 1.29 is 45.0 Å². The van der Waals surface area contributed by atoms with E-state index in [1.54, 1.807) is 0 Å². The van der Waals surface area contributed by atoms with Crippen LogP contribution in [0.3, 0.4) is 0 Å². The van der Waals surface area contributed by atoms with E-state index in [9.17, 15) is 5.11 Å². The van der Waals surface area contributed by atoms with Gasteiger partial charge in [-0.2, -0.15) is 0 Å². The van der Waals surface area contributed by atoms with Gasteiger partial charge >= 0.3 is 0 Å². The van der Waals surface area contributed by atoms with Crippen LogP contribution < -0.4 is 0 Å². The van der Waals surface area contributed by atoms with Gasteiger partial charge in [-0.25, -0.2) is 4.89 Å². The summed E-state index contributed by atoms with van der Waals surface area (Å²) in [7, 11) is 0. The van der Waals surface area contributed by atoms with Crippen molar-refractivity contribution in [2.24, 2.45) is 0 Å². The molecule has 0 amide bonds. The van der Waals surface area contributed by atoms with Crippen LogP contribution >= 0.6 is 0 Å². The fourth-order valence-electron chi connectivity index (χ4n) is 0.776. The van der Waals surface area contributed by atoms with E-state index in [0.29, 0.717) is 6.42 Å². The third kappa shape index (κ3) is 4.09. The van der Waals surface area contributed by atoms with Crippen molar-refractivity contribution in [3.63, 3.8) is 0 Å². The van der Waals surface area contributed by atoms with E-state index in [1.807, 2.05) is 0 Å². The summed E-state index contributed by atoms with van der Waals surface area (Å²) in [4.78, 5) is 8.71. The predicted molar refractivity (Wildman–Crippen MR) is 48.4 cm³/mol. The Bertz CT molecular complexity index is 297. The molecule has 1 heterocycles. The summed E-state index contributed by atoms with van der Waals surface area (Å²) in [5.74, 6) is -2.01. The molecule has 0 saturated heterocycles. The monoisotopic (exact) mass is 252 g/mol. The molecule has 0 bridgehead atoms. The molecular formula is C8H12O9. The zero-order chi connectivity index (χ0) is 12.7. The molecule has 1 unspecified atom stereocenters. The molecule has 0 aliphatic carbocycles. The molecule has 1 rings (SSSR count). The second-order valence-electron chi connectivity index (χ2n) is 2.82. The molecule has 1 aliphatic heterocycles. The maximum Gasteiger partial charge on any atom is 0.259 e. The van der Waals surface area contributed by atoms with Gasteiger partial charge in [-0.1, -0.05) is 0 Å². The first kappa shape index (κ1) is 13.5. The number of aliphatic hydroxyl groups excluding tert-OH is 4. The van der Waals surface area contributed by atoms with E-state index in [2.05, 4.69) is 24.6 Å². The lowest BCUT2D eigenvalue weighted by Gasteiger charge is -2.17. The molecule has 0 radical (unpaired) electrons. The van der Waals surface area contributed by atoms with Gasteiger partial charge in [0.2, 0.25) is 17.3 Å². The molecule has 1 aliphatic rings. The number of rotatable bonds is 7. The molecule has 98 valence electrons. The molecular weight excluding hydrogens is 240 g/mol. The average Bonchev–Trinajstić information content (AvgIpc) is 2.33. The van der Waals surface area contributed by atoms with Crippen LogP contribution in [0.2, 0.25) is 0 Å². The lowest BCUT2D eigenvalue weighted by molar-refractivity contribution is -0.625. The highest BCUT2D eigenvalue weighted by Gasteiger charge is 2.26. The van der Waals surface area contributed by atoms with Gasteiger partial charge < -0.3 is 25.2 Å². The fourth-order valence-corrected chi connectivity index (χ4v) is 0.776. The summed E-state index contributed by atoms with van der Waals surface area (Å²) in [6.45, 7) is -0.000308. The van der Waals surface area contributed by atoms with Crippen LogP contribution in [-0.2, 0) is 24.6 Å². The zero-order valence-electron chi connectivity index (χ0n) is 8.61. The van der Waals surface area contributed by atoms with E-state index in [-0.39, 0.29) is 13.2 Å². The van der Waals surface area contributed by atoms with Crippen LogP contribution in [0.1, 0.15) is 6.42 Å². The van der Waals surface area contributed by atoms with Crippen molar-refractivity contribution in [1.82, 2.24) is 0 Å². The van der Waals surface area contributed by atoms with Crippen LogP contribution in [0.5, 0.6) is 0 Å². The van der Waals surface area contributed by atoms with Crippen molar-refractivity contribution >= 4 is 0 Å². The van der Waals surface area contributed by atoms with E-state index in [1.165, 1.54) is 0 Å². The SMILES string of the molecule is OCCCOOOOC1=COC(O)C(O)=C1O. The maximum atomic E-state index is 9.24. The zero-order valence-corrected chi connectivity index (χ0v) is 8.61. The highest BCUT2D eigenvalue weighted by Crippen LogP contribution is 2.21. The molecule has 0 aromatic carbocycles. The van der Waals surface area contributed by atoms with Gasteiger partial charge in [0.05, 0.1) is 6.61 Å². The average molecular weight is 252 g/mol. The summed E-state index contributed by atoms with van der Waals surface area (Å²) in [5, 5.41) is 43.7. The van der Waals surface area contributed by atoms with Crippen LogP contribution in [0.25, 0.3) is 0 Å². The molecule has 0 aromatic heterocycles. The second kappa shape index (κ2) is 6.93. The van der Waals surface area contributed by atoms with Crippen molar-refractivity contribution in [2.75, 3.05) is 13.2 Å². The molecule has 9 heteroatoms. The standard InChI is InChI=1S/C8H12O9/c9-2-1-3-14-16-17-15-5-4-13-8(12)7(11)6(5)10/h4,8-12H,1-3H2. The molecule has 0 aromatic rings. The smallest absolute Gasteiger partial charge is 0.259 e. The summed E-state index contributed by atoms with van der Waals surface area (Å²) < 4.78 is 4.46. The summed E-state index contributed by atoms with van der Waals surface area (Å²) in [6, 6.07) is 0. The quantitative estimate of drug-likeness (QED) is 0.274. The first-order valence-corrected chi connectivity index (χ1v) is 4.56. The van der Waals surface area contributed by atoms with Crippen molar-refractivity contribution in [1.29, 1.82) is 0 Å². The molecule has 17 heavy (non-hydrogen) atoms. The molecule has 9 nitrogen and oxygen atoms in total. The number of aliphatic hydroxyl groups is 4. The second-order valence-corrected chi connectivity index (χ2v) is 2.82. The molecule has 0 fully saturated rings. The van der Waals surface area contributed by atoms with Crippen LogP contribution in [0.15, 0.2) is 23.5 Å². The molecule has 1 atom stereocenters. The van der Waals surface area contributed by atoms with Crippen molar-refractivity contribution in [2.45, 2.75) is 12.7 Å². The Morgan fingerprint density at radius 2 is 2.06 bits per heavy atom. The van der Waals surface area contributed by atoms with Gasteiger partial charge in [-0.15, -0.1) is 0 Å². The lowest BCUT2D eigenvalue weighted by atomic mass is 10.3. The Morgan fingerprint density at radius 3 is 2.76 bits per heavy atom. The van der Waals surface area contributed by atoms with Gasteiger partial charge in [-0.3, -0.25) is 4.89 Å². The Balaban J connectivity index is 2.24. The highest BCUT2D eigenvalue weighted by atomic mass is 17.7. The third-order valence-corrected chi connectivity index (χ3v) is 1.60. The van der Waals surface area contributed by atoms with Gasteiger partial charge in [0.25, 0.3) is 6.29 Å². The normalized spacial score (nSPS) is 19.9. The minimum Gasteiger partial charge on any atom is -0.503 e. The predicted octanol–water partition coefficient (Wildman–Crippen LogP) is -0.302. The topological polar surface area (TPSA) is 127 Å². The summed E-state index contributed by atoms with van der Waals surface area (Å²) in [5.41, 5.74) is 0. The minimum atomic E-state index is -1.66. The van der Waals surface area contributed by atoms with Gasteiger partial charge in [0, 0.05) is 11.6 Å². The van der Waals surface area contributed by atoms with E-state index < -0.39 is 23.6 Å². The number of hydrogen-bond donors (Lipinski definition) is 4. The lowest BCUT2D eigenvalue weighted by Crippen LogP contribution is -2.20. The summed E-state index contributed by atoms with van der Waals surface area (Å²) >= 11 is 0. The largest absolute Gasteiger partial charge is 0.503 e. The van der Waals surface area contributed by atoms with E-state index >= 15 is 0 Å². The van der Waals surface area contributed by atoms with Crippen molar-refractivity contribution in [3.8, 4) is 0 Å². The van der Waals surface area contributed by atoms with E-state index in [4.69, 9.17) is 15.3 Å². The van der Waals surface area contributed by atoms with Gasteiger partial charge in [0.15, 0.2) is 0 Å². The first-order chi connectivity index (χ1) is 8.16. The van der Waals surface area contributed by atoms with Crippen LogP contribution in [0.4, 0.5) is 0 Å². The van der Waals surface area contributed by atoms with Crippen molar-refractivity contribution in [3.05, 3.63) is 23.5 Å².